The normalized spacial score (nSPS) is 23.7. The summed E-state index contributed by atoms with van der Waals surface area (Å²) in [6, 6.07) is 15.6. The van der Waals surface area contributed by atoms with Gasteiger partial charge in [-0.1, -0.05) is 24.3 Å². The largest absolute Gasteiger partial charge is 0.497 e. The monoisotopic (exact) mass is 409 g/mol. The Morgan fingerprint density at radius 3 is 1.70 bits per heavy atom. The van der Waals surface area contributed by atoms with Gasteiger partial charge in [-0.2, -0.15) is 0 Å². The third-order valence-electron chi connectivity index (χ3n) is 5.91. The van der Waals surface area contributed by atoms with Crippen LogP contribution < -0.4 is 9.80 Å². The topological polar surface area (TPSA) is 69.0 Å². The van der Waals surface area contributed by atoms with Gasteiger partial charge in [0.15, 0.2) is 5.60 Å². The molecule has 0 aliphatic heterocycles. The van der Waals surface area contributed by atoms with Crippen LogP contribution in [0.25, 0.3) is 0 Å². The molecule has 2 aromatic carbocycles. The van der Waals surface area contributed by atoms with Crippen LogP contribution in [0.3, 0.4) is 0 Å². The number of benzene rings is 2. The maximum absolute atomic E-state index is 12.3. The molecule has 1 aliphatic carbocycles. The Morgan fingerprint density at radius 1 is 0.833 bits per heavy atom. The highest BCUT2D eigenvalue weighted by atomic mass is 16.5. The molecule has 0 saturated carbocycles. The predicted octanol–water partition coefficient (Wildman–Crippen LogP) is 3.50. The van der Waals surface area contributed by atoms with E-state index in [1.54, 1.807) is 13.2 Å². The maximum Gasteiger partial charge on any atom is 0.180 e. The first-order valence-corrected chi connectivity index (χ1v) is 9.86. The van der Waals surface area contributed by atoms with Gasteiger partial charge < -0.3 is 29.8 Å². The third-order valence-corrected chi connectivity index (χ3v) is 5.91. The van der Waals surface area contributed by atoms with Crippen LogP contribution in [0.5, 0.6) is 0 Å². The molecule has 2 aromatic rings. The van der Waals surface area contributed by atoms with Gasteiger partial charge in [-0.25, -0.2) is 0 Å². The van der Waals surface area contributed by atoms with Crippen molar-refractivity contribution < 1.29 is 14.6 Å². The van der Waals surface area contributed by atoms with Crippen molar-refractivity contribution in [2.75, 3.05) is 52.2 Å². The average molecular weight is 410 g/mol. The molecular weight excluding hydrogens is 378 g/mol. The summed E-state index contributed by atoms with van der Waals surface area (Å²) in [4.78, 5) is 4.01. The molecule has 1 aliphatic rings. The van der Waals surface area contributed by atoms with E-state index in [0.717, 1.165) is 16.9 Å². The fourth-order valence-corrected chi connectivity index (χ4v) is 4.17. The van der Waals surface area contributed by atoms with Crippen LogP contribution in [0, 0.1) is 5.41 Å². The van der Waals surface area contributed by atoms with Crippen molar-refractivity contribution in [1.82, 2.24) is 0 Å². The molecular formula is C24H31N3O3. The number of allylic oxidation sites excluding steroid dienone is 1. The minimum atomic E-state index is -1.61. The summed E-state index contributed by atoms with van der Waals surface area (Å²) >= 11 is 0. The molecule has 0 bridgehead atoms. The van der Waals surface area contributed by atoms with Gasteiger partial charge in [0.2, 0.25) is 0 Å². The maximum atomic E-state index is 12.3. The Labute approximate surface area is 178 Å². The van der Waals surface area contributed by atoms with Gasteiger partial charge >= 0.3 is 0 Å². The van der Waals surface area contributed by atoms with Gasteiger partial charge in [-0.05, 0) is 35.4 Å². The zero-order valence-corrected chi connectivity index (χ0v) is 18.6. The molecule has 6 heteroatoms. The average Bonchev–Trinajstić information content (AvgIpc) is 2.75. The van der Waals surface area contributed by atoms with E-state index < -0.39 is 11.2 Å². The molecule has 2 unspecified atom stereocenters. The lowest BCUT2D eigenvalue weighted by atomic mass is 9.66. The zero-order chi connectivity index (χ0) is 22.1. The van der Waals surface area contributed by atoms with Crippen LogP contribution in [0.1, 0.15) is 17.5 Å². The molecule has 0 fully saturated rings. The lowest BCUT2D eigenvalue weighted by Crippen LogP contribution is -2.55. The number of nitrogens with zero attached hydrogens (tertiary/aromatic N) is 2. The van der Waals surface area contributed by atoms with Gasteiger partial charge in [-0.15, -0.1) is 0 Å². The Kier molecular flexibility index (Phi) is 5.92. The minimum Gasteiger partial charge on any atom is -0.497 e. The molecule has 0 radical (unpaired) electrons. The lowest BCUT2D eigenvalue weighted by molar-refractivity contribution is -0.179. The Balaban J connectivity index is 2.24. The summed E-state index contributed by atoms with van der Waals surface area (Å²) < 4.78 is 11.7. The number of anilines is 2. The summed E-state index contributed by atoms with van der Waals surface area (Å²) in [5.74, 6) is 0.287. The van der Waals surface area contributed by atoms with Crippen LogP contribution in [-0.2, 0) is 20.7 Å². The molecule has 30 heavy (non-hydrogen) atoms. The van der Waals surface area contributed by atoms with Crippen molar-refractivity contribution in [1.29, 1.82) is 5.41 Å². The van der Waals surface area contributed by atoms with E-state index in [4.69, 9.17) is 14.9 Å². The molecule has 0 heterocycles. The second-order valence-electron chi connectivity index (χ2n) is 8.04. The van der Waals surface area contributed by atoms with Crippen molar-refractivity contribution in [2.24, 2.45) is 0 Å². The van der Waals surface area contributed by atoms with E-state index in [1.807, 2.05) is 86.5 Å². The molecule has 6 nitrogen and oxygen atoms in total. The SMILES string of the molecule is COC1=CC(=N)CC(OC)(c2ccc(N(C)C)cc2)C1(O)c1ccc(N(C)C)cc1. The fraction of sp³-hybridized carbons (Fsp3) is 0.375. The van der Waals surface area contributed by atoms with Crippen molar-refractivity contribution in [3.63, 3.8) is 0 Å². The van der Waals surface area contributed by atoms with E-state index in [2.05, 4.69) is 0 Å². The van der Waals surface area contributed by atoms with Crippen molar-refractivity contribution in [3.8, 4) is 0 Å². The predicted molar refractivity (Wildman–Crippen MR) is 122 cm³/mol. The van der Waals surface area contributed by atoms with Gasteiger partial charge in [0.25, 0.3) is 0 Å². The molecule has 0 amide bonds. The van der Waals surface area contributed by atoms with Gasteiger partial charge in [0.1, 0.15) is 11.4 Å². The minimum absolute atomic E-state index is 0.212. The molecule has 3 rings (SSSR count). The fourth-order valence-electron chi connectivity index (χ4n) is 4.17. The Morgan fingerprint density at radius 2 is 1.30 bits per heavy atom. The summed E-state index contributed by atoms with van der Waals surface area (Å²) in [5, 5.41) is 20.7. The number of hydrogen-bond donors (Lipinski definition) is 2. The second kappa shape index (κ2) is 8.13. The van der Waals surface area contributed by atoms with E-state index in [1.165, 1.54) is 7.11 Å². The summed E-state index contributed by atoms with van der Waals surface area (Å²) in [5.41, 5.74) is 0.999. The van der Waals surface area contributed by atoms with E-state index in [9.17, 15) is 5.11 Å². The van der Waals surface area contributed by atoms with Gasteiger partial charge in [0, 0.05) is 64.9 Å². The number of hydrogen-bond acceptors (Lipinski definition) is 6. The highest BCUT2D eigenvalue weighted by Crippen LogP contribution is 2.53. The molecule has 160 valence electrons. The van der Waals surface area contributed by atoms with E-state index in [-0.39, 0.29) is 12.2 Å². The third kappa shape index (κ3) is 3.36. The zero-order valence-electron chi connectivity index (χ0n) is 18.6. The van der Waals surface area contributed by atoms with Gasteiger partial charge in [-0.3, -0.25) is 0 Å². The summed E-state index contributed by atoms with van der Waals surface area (Å²) in [6.07, 6.45) is 1.80. The lowest BCUT2D eigenvalue weighted by Gasteiger charge is -2.49. The molecule has 0 spiro atoms. The second-order valence-corrected chi connectivity index (χ2v) is 8.04. The van der Waals surface area contributed by atoms with Crippen LogP contribution in [0.4, 0.5) is 11.4 Å². The molecule has 0 aromatic heterocycles. The highest BCUT2D eigenvalue weighted by Gasteiger charge is 2.59. The number of rotatable bonds is 6. The van der Waals surface area contributed by atoms with Gasteiger partial charge in [0.05, 0.1) is 7.11 Å². The van der Waals surface area contributed by atoms with Crippen LogP contribution in [-0.4, -0.2) is 53.2 Å². The first kappa shape index (κ1) is 21.9. The molecule has 2 atom stereocenters. The van der Waals surface area contributed by atoms with Crippen molar-refractivity contribution in [2.45, 2.75) is 17.6 Å². The first-order valence-electron chi connectivity index (χ1n) is 9.86. The summed E-state index contributed by atoms with van der Waals surface area (Å²) in [7, 11) is 11.0. The summed E-state index contributed by atoms with van der Waals surface area (Å²) in [6.45, 7) is 0. The molecule has 0 saturated heterocycles. The molecule has 2 N–H and O–H groups in total. The Bertz CT molecular complexity index is 935. The highest BCUT2D eigenvalue weighted by molar-refractivity contribution is 5.95. The van der Waals surface area contributed by atoms with Crippen molar-refractivity contribution in [3.05, 3.63) is 71.5 Å². The number of nitrogens with one attached hydrogen (secondary N) is 1. The van der Waals surface area contributed by atoms with Crippen molar-refractivity contribution >= 4 is 17.1 Å². The Hall–Kier alpha value is -2.83. The smallest absolute Gasteiger partial charge is 0.180 e. The standard InChI is InChI=1S/C24H31N3O3/c1-26(2)20-11-7-17(8-12-20)23(30-6)16-19(25)15-22(29-5)24(23,28)18-9-13-21(14-10-18)27(3)4/h7-15,25,28H,16H2,1-6H3. The van der Waals surface area contributed by atoms with E-state index >= 15 is 0 Å². The number of ether oxygens (including phenoxy) is 2. The van der Waals surface area contributed by atoms with Crippen LogP contribution in [0.15, 0.2) is 60.4 Å². The van der Waals surface area contributed by atoms with Crippen LogP contribution >= 0.6 is 0 Å². The van der Waals surface area contributed by atoms with E-state index in [0.29, 0.717) is 11.3 Å². The first-order chi connectivity index (χ1) is 14.2. The number of aliphatic hydroxyl groups is 1. The number of methoxy groups -OCH3 is 2. The van der Waals surface area contributed by atoms with Crippen LogP contribution in [0.2, 0.25) is 0 Å². The quantitative estimate of drug-likeness (QED) is 0.764.